The molecule has 4 heterocycles. The molecule has 9 nitrogen and oxygen atoms in total. The van der Waals surface area contributed by atoms with Gasteiger partial charge in [-0.05, 0) is 37.9 Å². The van der Waals surface area contributed by atoms with Gasteiger partial charge in [0.05, 0.1) is 23.7 Å². The van der Waals surface area contributed by atoms with E-state index in [-0.39, 0.29) is 18.0 Å². The van der Waals surface area contributed by atoms with Crippen molar-refractivity contribution in [3.05, 3.63) is 23.4 Å². The number of halogens is 1. The lowest BCUT2D eigenvalue weighted by Gasteiger charge is -2.29. The van der Waals surface area contributed by atoms with Gasteiger partial charge in [0, 0.05) is 25.8 Å². The van der Waals surface area contributed by atoms with Gasteiger partial charge in [-0.2, -0.15) is 5.26 Å². The molecule has 2 aliphatic rings. The Kier molecular flexibility index (Phi) is 5.94. The van der Waals surface area contributed by atoms with Crippen LogP contribution in [0.15, 0.2) is 23.0 Å². The number of hydrogen-bond acceptors (Lipinski definition) is 6. The van der Waals surface area contributed by atoms with Crippen molar-refractivity contribution in [1.29, 1.82) is 5.26 Å². The molecule has 0 aliphatic carbocycles. The molecule has 1 amide bonds. The van der Waals surface area contributed by atoms with E-state index in [1.807, 2.05) is 9.71 Å². The summed E-state index contributed by atoms with van der Waals surface area (Å²) in [5, 5.41) is 12.8. The van der Waals surface area contributed by atoms with Gasteiger partial charge in [0.15, 0.2) is 0 Å². The second kappa shape index (κ2) is 8.61. The molecule has 2 saturated heterocycles. The van der Waals surface area contributed by atoms with Gasteiger partial charge in [0.1, 0.15) is 17.9 Å². The van der Waals surface area contributed by atoms with E-state index in [1.54, 1.807) is 12.1 Å². The highest BCUT2D eigenvalue weighted by Crippen LogP contribution is 2.34. The van der Waals surface area contributed by atoms with Crippen LogP contribution in [0.3, 0.4) is 0 Å². The fourth-order valence-corrected chi connectivity index (χ4v) is 4.34. The number of hydrogen-bond donors (Lipinski definition) is 1. The molecule has 10 heteroatoms. The van der Waals surface area contributed by atoms with Crippen LogP contribution in [0.4, 0.5) is 5.82 Å². The third-order valence-electron chi connectivity index (χ3n) is 5.86. The first-order valence-corrected chi connectivity index (χ1v) is 10.5. The van der Waals surface area contributed by atoms with Gasteiger partial charge in [-0.15, -0.1) is 0 Å². The maximum Gasteiger partial charge on any atom is 0.239 e. The van der Waals surface area contributed by atoms with Crippen molar-refractivity contribution in [3.63, 3.8) is 0 Å². The van der Waals surface area contributed by atoms with Gasteiger partial charge in [-0.1, -0.05) is 28.2 Å². The van der Waals surface area contributed by atoms with Crippen LogP contribution in [-0.4, -0.2) is 69.2 Å². The zero-order valence-corrected chi connectivity index (χ0v) is 17.3. The number of aromatic nitrogens is 3. The summed E-state index contributed by atoms with van der Waals surface area (Å²) in [5.41, 5.74) is 0. The van der Waals surface area contributed by atoms with E-state index in [9.17, 15) is 10.1 Å². The number of rotatable bonds is 6. The van der Waals surface area contributed by atoms with Crippen LogP contribution in [0.25, 0.3) is 0 Å². The summed E-state index contributed by atoms with van der Waals surface area (Å²) in [4.78, 5) is 24.5. The second-order valence-electron chi connectivity index (χ2n) is 7.66. The molecule has 0 bridgehead atoms. The Morgan fingerprint density at radius 2 is 2.10 bits per heavy atom. The first-order valence-electron chi connectivity index (χ1n) is 10.1. The molecular weight excluding hydrogens is 394 g/mol. The molecule has 0 saturated carbocycles. The molecule has 0 aromatic carbocycles. The predicted octanol–water partition coefficient (Wildman–Crippen LogP) is 2.37. The summed E-state index contributed by atoms with van der Waals surface area (Å²) in [6.45, 7) is 5.90. The molecule has 29 heavy (non-hydrogen) atoms. The maximum absolute atomic E-state index is 12.2. The van der Waals surface area contributed by atoms with E-state index in [2.05, 4.69) is 33.1 Å². The molecule has 2 fully saturated rings. The van der Waals surface area contributed by atoms with Crippen molar-refractivity contribution >= 4 is 23.3 Å². The molecule has 2 aromatic rings. The summed E-state index contributed by atoms with van der Waals surface area (Å²) in [5.74, 6) is 0.428. The van der Waals surface area contributed by atoms with Gasteiger partial charge in [-0.3, -0.25) is 19.2 Å². The third-order valence-corrected chi connectivity index (χ3v) is 6.08. The van der Waals surface area contributed by atoms with Crippen LogP contribution in [0.5, 0.6) is 0 Å². The minimum absolute atomic E-state index is 0.0784. The van der Waals surface area contributed by atoms with Crippen LogP contribution in [0, 0.1) is 11.3 Å². The van der Waals surface area contributed by atoms with E-state index in [0.717, 1.165) is 45.4 Å². The predicted molar refractivity (Wildman–Crippen MR) is 108 cm³/mol. The summed E-state index contributed by atoms with van der Waals surface area (Å²) in [6, 6.07) is 6.10. The smallest absolute Gasteiger partial charge is 0.239 e. The highest BCUT2D eigenvalue weighted by atomic mass is 35.5. The lowest BCUT2D eigenvalue weighted by Crippen LogP contribution is -2.39. The van der Waals surface area contributed by atoms with Crippen molar-refractivity contribution in [3.8, 4) is 6.07 Å². The summed E-state index contributed by atoms with van der Waals surface area (Å²) in [7, 11) is 0. The Labute approximate surface area is 174 Å². The lowest BCUT2D eigenvalue weighted by atomic mass is 10.1. The normalized spacial score (nSPS) is 24.0. The Balaban J connectivity index is 1.24. The minimum atomic E-state index is -0.115. The van der Waals surface area contributed by atoms with Crippen molar-refractivity contribution in [1.82, 2.24) is 24.5 Å². The SMILES string of the molecule is CCN1CCC(n2on2C2CCN(CC(=O)Nc3ccc(Cl)cn3)CC2)C1C#N. The number of likely N-dealkylation sites (N-methyl/N-ethyl adjacent to an activating group) is 1. The molecule has 4 rings (SSSR count). The number of piperidine rings is 1. The van der Waals surface area contributed by atoms with Gasteiger partial charge in [0.25, 0.3) is 0 Å². The number of amides is 1. The Morgan fingerprint density at radius 1 is 1.31 bits per heavy atom. The third kappa shape index (κ3) is 4.50. The second-order valence-corrected chi connectivity index (χ2v) is 8.10. The maximum atomic E-state index is 12.2. The number of anilines is 1. The van der Waals surface area contributed by atoms with E-state index in [0.29, 0.717) is 23.4 Å². The van der Waals surface area contributed by atoms with Crippen LogP contribution in [-0.2, 0) is 4.79 Å². The van der Waals surface area contributed by atoms with Crippen LogP contribution in [0.2, 0.25) is 5.02 Å². The molecule has 0 spiro atoms. The number of nitrogens with zero attached hydrogens (tertiary/aromatic N) is 6. The Hall–Kier alpha value is -2.28. The summed E-state index contributed by atoms with van der Waals surface area (Å²) >= 11 is 5.81. The largest absolute Gasteiger partial charge is 0.310 e. The lowest BCUT2D eigenvalue weighted by molar-refractivity contribution is -0.117. The van der Waals surface area contributed by atoms with E-state index >= 15 is 0 Å². The van der Waals surface area contributed by atoms with Gasteiger partial charge >= 0.3 is 0 Å². The average Bonchev–Trinajstić information content (AvgIpc) is 3.41. The van der Waals surface area contributed by atoms with Crippen molar-refractivity contribution < 1.29 is 9.42 Å². The Morgan fingerprint density at radius 3 is 2.76 bits per heavy atom. The van der Waals surface area contributed by atoms with Gasteiger partial charge in [-0.25, -0.2) is 4.98 Å². The van der Waals surface area contributed by atoms with Crippen LogP contribution >= 0.6 is 11.6 Å². The molecule has 2 aromatic heterocycles. The van der Waals surface area contributed by atoms with E-state index in [4.69, 9.17) is 16.2 Å². The van der Waals surface area contributed by atoms with Crippen LogP contribution in [0.1, 0.15) is 38.3 Å². The van der Waals surface area contributed by atoms with Gasteiger partial charge < -0.3 is 5.32 Å². The quantitative estimate of drug-likeness (QED) is 0.772. The molecule has 1 N–H and O–H groups in total. The Bertz CT molecular complexity index is 857. The first kappa shape index (κ1) is 20.0. The topological polar surface area (TPSA) is 95.3 Å². The molecule has 0 radical (unpaired) electrons. The van der Waals surface area contributed by atoms with Crippen molar-refractivity contribution in [2.45, 2.75) is 44.3 Å². The summed E-state index contributed by atoms with van der Waals surface area (Å²) in [6.07, 6.45) is 4.30. The van der Waals surface area contributed by atoms with E-state index in [1.165, 1.54) is 6.20 Å². The van der Waals surface area contributed by atoms with Gasteiger partial charge in [0.2, 0.25) is 5.91 Å². The summed E-state index contributed by atoms with van der Waals surface area (Å²) < 4.78 is 5.74. The van der Waals surface area contributed by atoms with Crippen molar-refractivity contribution in [2.75, 3.05) is 38.0 Å². The molecule has 156 valence electrons. The average molecular weight is 420 g/mol. The van der Waals surface area contributed by atoms with Crippen molar-refractivity contribution in [2.24, 2.45) is 0 Å². The highest BCUT2D eigenvalue weighted by molar-refractivity contribution is 6.30. The molecule has 2 atom stereocenters. The molecule has 2 aliphatic heterocycles. The fraction of sp³-hybridized carbons (Fsp3) is 0.632. The molecular formula is C19H26ClN7O2. The number of likely N-dealkylation sites (tertiary alicyclic amines) is 2. The number of carbonyl (C=O) groups excluding carboxylic acids is 1. The number of nitriles is 1. The number of pyridine rings is 1. The monoisotopic (exact) mass is 419 g/mol. The fourth-order valence-electron chi connectivity index (χ4n) is 4.23. The highest BCUT2D eigenvalue weighted by Gasteiger charge is 2.41. The number of carbonyl (C=O) groups is 1. The zero-order valence-electron chi connectivity index (χ0n) is 16.5. The minimum Gasteiger partial charge on any atom is -0.310 e. The van der Waals surface area contributed by atoms with E-state index < -0.39 is 0 Å². The zero-order chi connectivity index (χ0) is 20.4. The molecule has 2 unspecified atom stereocenters. The van der Waals surface area contributed by atoms with Crippen LogP contribution < -0.4 is 5.32 Å². The standard InChI is InChI=1S/C19H26ClN7O2/c1-2-25-10-7-16(17(25)11-21)27-26(29-27)15-5-8-24(9-6-15)13-19(28)23-18-4-3-14(20)12-22-18/h3-4,12,15-17H,2,5-10,13H2,1H3,(H,22,23,28). The first-order chi connectivity index (χ1) is 14.1. The number of nitrogens with one attached hydrogen (secondary N) is 1.